The summed E-state index contributed by atoms with van der Waals surface area (Å²) < 4.78 is 5.01. The van der Waals surface area contributed by atoms with Crippen LogP contribution in [0.2, 0.25) is 0 Å². The van der Waals surface area contributed by atoms with Crippen molar-refractivity contribution < 1.29 is 9.53 Å². The molecule has 1 heterocycles. The average molecular weight is 199 g/mol. The fraction of sp³-hybridized carbons (Fsp3) is 0.909. The molecule has 0 unspecified atom stereocenters. The van der Waals surface area contributed by atoms with Crippen LogP contribution in [0.15, 0.2) is 0 Å². The molecule has 3 nitrogen and oxygen atoms in total. The molecule has 14 heavy (non-hydrogen) atoms. The highest BCUT2D eigenvalue weighted by molar-refractivity contribution is 5.75. The Kier molecular flexibility index (Phi) is 4.39. The van der Waals surface area contributed by atoms with Gasteiger partial charge in [-0.05, 0) is 39.2 Å². The van der Waals surface area contributed by atoms with Gasteiger partial charge in [-0.25, -0.2) is 0 Å². The first kappa shape index (κ1) is 11.5. The second kappa shape index (κ2) is 5.35. The van der Waals surface area contributed by atoms with Gasteiger partial charge in [0, 0.05) is 6.54 Å². The molecule has 0 amide bonds. The molecule has 3 heteroatoms. The highest BCUT2D eigenvalue weighted by Gasteiger charge is 2.26. The van der Waals surface area contributed by atoms with E-state index in [4.69, 9.17) is 4.74 Å². The molecule has 1 rings (SSSR count). The molecular formula is C11H21NO2. The normalized spacial score (nSPS) is 25.8. The minimum Gasteiger partial charge on any atom is -0.465 e. The maximum Gasteiger partial charge on any atom is 0.323 e. The van der Waals surface area contributed by atoms with Crippen LogP contribution in [0.5, 0.6) is 0 Å². The van der Waals surface area contributed by atoms with Crippen LogP contribution in [-0.4, -0.2) is 36.6 Å². The van der Waals surface area contributed by atoms with Crippen molar-refractivity contribution in [3.05, 3.63) is 0 Å². The van der Waals surface area contributed by atoms with Gasteiger partial charge < -0.3 is 4.74 Å². The Labute approximate surface area is 86.4 Å². The summed E-state index contributed by atoms with van der Waals surface area (Å²) in [7, 11) is 0. The summed E-state index contributed by atoms with van der Waals surface area (Å²) in [6.07, 6.45) is 2.48. The number of carbonyl (C=O) groups is 1. The van der Waals surface area contributed by atoms with Crippen LogP contribution in [-0.2, 0) is 9.53 Å². The van der Waals surface area contributed by atoms with Gasteiger partial charge in [0.15, 0.2) is 0 Å². The molecule has 0 N–H and O–H groups in total. The number of rotatable bonds is 3. The Morgan fingerprint density at radius 2 is 2.36 bits per heavy atom. The quantitative estimate of drug-likeness (QED) is 0.648. The van der Waals surface area contributed by atoms with E-state index in [0.717, 1.165) is 13.1 Å². The third-order valence-electron chi connectivity index (χ3n) is 2.86. The van der Waals surface area contributed by atoms with Gasteiger partial charge in [0.1, 0.15) is 6.04 Å². The smallest absolute Gasteiger partial charge is 0.323 e. The molecule has 0 bridgehead atoms. The number of hydrogen-bond acceptors (Lipinski definition) is 3. The van der Waals surface area contributed by atoms with Gasteiger partial charge in [-0.3, -0.25) is 9.69 Å². The van der Waals surface area contributed by atoms with Crippen molar-refractivity contribution >= 4 is 5.97 Å². The fourth-order valence-electron chi connectivity index (χ4n) is 1.99. The van der Waals surface area contributed by atoms with Crippen LogP contribution in [0.4, 0.5) is 0 Å². The summed E-state index contributed by atoms with van der Waals surface area (Å²) in [6.45, 7) is 8.57. The molecule has 0 spiro atoms. The zero-order chi connectivity index (χ0) is 10.6. The highest BCUT2D eigenvalue weighted by Crippen LogP contribution is 2.17. The molecule has 1 aliphatic heterocycles. The standard InChI is InChI=1S/C11H21NO2/c1-4-14-11(13)10(3)12-7-5-6-9(2)8-12/h9-10H,4-8H2,1-3H3/t9-,10-/m0/s1. The summed E-state index contributed by atoms with van der Waals surface area (Å²) in [5.74, 6) is 0.627. The van der Waals surface area contributed by atoms with E-state index in [9.17, 15) is 4.79 Å². The maximum absolute atomic E-state index is 11.5. The number of hydrogen-bond donors (Lipinski definition) is 0. The van der Waals surface area contributed by atoms with E-state index >= 15 is 0 Å². The first-order chi connectivity index (χ1) is 6.65. The van der Waals surface area contributed by atoms with Crippen molar-refractivity contribution in [2.24, 2.45) is 5.92 Å². The molecule has 82 valence electrons. The molecule has 1 fully saturated rings. The van der Waals surface area contributed by atoms with Crippen molar-refractivity contribution in [1.82, 2.24) is 4.90 Å². The van der Waals surface area contributed by atoms with Crippen LogP contribution in [0, 0.1) is 5.92 Å². The minimum absolute atomic E-state index is 0.0716. The minimum atomic E-state index is -0.0819. The van der Waals surface area contributed by atoms with Gasteiger partial charge in [-0.1, -0.05) is 6.92 Å². The largest absolute Gasteiger partial charge is 0.465 e. The van der Waals surface area contributed by atoms with Gasteiger partial charge >= 0.3 is 5.97 Å². The van der Waals surface area contributed by atoms with Crippen LogP contribution in [0.1, 0.15) is 33.6 Å². The van der Waals surface area contributed by atoms with Gasteiger partial charge in [-0.2, -0.15) is 0 Å². The molecule has 0 aromatic carbocycles. The molecule has 0 aromatic heterocycles. The van der Waals surface area contributed by atoms with E-state index in [-0.39, 0.29) is 12.0 Å². The molecule has 2 atom stereocenters. The van der Waals surface area contributed by atoms with Gasteiger partial charge in [0.25, 0.3) is 0 Å². The molecule has 1 saturated heterocycles. The summed E-state index contributed by atoms with van der Waals surface area (Å²) >= 11 is 0. The van der Waals surface area contributed by atoms with Gasteiger partial charge in [-0.15, -0.1) is 0 Å². The lowest BCUT2D eigenvalue weighted by Crippen LogP contribution is -2.45. The number of likely N-dealkylation sites (tertiary alicyclic amines) is 1. The molecule has 0 radical (unpaired) electrons. The average Bonchev–Trinajstić information content (AvgIpc) is 2.17. The SMILES string of the molecule is CCOC(=O)[C@H](C)N1CCC[C@H](C)C1. The third-order valence-corrected chi connectivity index (χ3v) is 2.86. The van der Waals surface area contributed by atoms with Crippen LogP contribution in [0.3, 0.4) is 0 Å². The van der Waals surface area contributed by atoms with E-state index < -0.39 is 0 Å². The van der Waals surface area contributed by atoms with Crippen LogP contribution < -0.4 is 0 Å². The molecule has 0 saturated carbocycles. The van der Waals surface area contributed by atoms with Crippen molar-refractivity contribution in [2.45, 2.75) is 39.7 Å². The lowest BCUT2D eigenvalue weighted by Gasteiger charge is -2.34. The van der Waals surface area contributed by atoms with E-state index in [1.807, 2.05) is 13.8 Å². The summed E-state index contributed by atoms with van der Waals surface area (Å²) in [5.41, 5.74) is 0. The summed E-state index contributed by atoms with van der Waals surface area (Å²) in [4.78, 5) is 13.7. The Morgan fingerprint density at radius 3 is 2.93 bits per heavy atom. The number of carbonyl (C=O) groups excluding carboxylic acids is 1. The second-order valence-electron chi connectivity index (χ2n) is 4.17. The molecular weight excluding hydrogens is 178 g/mol. The summed E-state index contributed by atoms with van der Waals surface area (Å²) in [5, 5.41) is 0. The fourth-order valence-corrected chi connectivity index (χ4v) is 1.99. The van der Waals surface area contributed by atoms with E-state index in [0.29, 0.717) is 12.5 Å². The predicted octanol–water partition coefficient (Wildman–Crippen LogP) is 1.67. The van der Waals surface area contributed by atoms with E-state index in [1.54, 1.807) is 0 Å². The van der Waals surface area contributed by atoms with E-state index in [1.165, 1.54) is 12.8 Å². The molecule has 0 aromatic rings. The van der Waals surface area contributed by atoms with Gasteiger partial charge in [0.05, 0.1) is 6.61 Å². The van der Waals surface area contributed by atoms with Crippen LogP contribution >= 0.6 is 0 Å². The monoisotopic (exact) mass is 199 g/mol. The third kappa shape index (κ3) is 2.98. The zero-order valence-corrected chi connectivity index (χ0v) is 9.45. The molecule has 0 aliphatic carbocycles. The second-order valence-corrected chi connectivity index (χ2v) is 4.17. The Bertz CT molecular complexity index is 194. The number of ether oxygens (including phenoxy) is 1. The lowest BCUT2D eigenvalue weighted by molar-refractivity contribution is -0.149. The Balaban J connectivity index is 2.42. The van der Waals surface area contributed by atoms with Crippen LogP contribution in [0.25, 0.3) is 0 Å². The Morgan fingerprint density at radius 1 is 1.64 bits per heavy atom. The number of piperidine rings is 1. The van der Waals surface area contributed by atoms with Crippen molar-refractivity contribution in [3.63, 3.8) is 0 Å². The van der Waals surface area contributed by atoms with Crippen molar-refractivity contribution in [1.29, 1.82) is 0 Å². The highest BCUT2D eigenvalue weighted by atomic mass is 16.5. The lowest BCUT2D eigenvalue weighted by atomic mass is 9.99. The first-order valence-electron chi connectivity index (χ1n) is 5.55. The van der Waals surface area contributed by atoms with Crippen molar-refractivity contribution in [3.8, 4) is 0 Å². The van der Waals surface area contributed by atoms with Crippen molar-refractivity contribution in [2.75, 3.05) is 19.7 Å². The zero-order valence-electron chi connectivity index (χ0n) is 9.45. The number of esters is 1. The number of nitrogens with zero attached hydrogens (tertiary/aromatic N) is 1. The summed E-state index contributed by atoms with van der Waals surface area (Å²) in [6, 6.07) is -0.0716. The Hall–Kier alpha value is -0.570. The predicted molar refractivity (Wildman–Crippen MR) is 56.1 cm³/mol. The first-order valence-corrected chi connectivity index (χ1v) is 5.55. The topological polar surface area (TPSA) is 29.5 Å². The maximum atomic E-state index is 11.5. The van der Waals surface area contributed by atoms with E-state index in [2.05, 4.69) is 11.8 Å². The van der Waals surface area contributed by atoms with Gasteiger partial charge in [0.2, 0.25) is 0 Å². The molecule has 1 aliphatic rings.